The fourth-order valence-corrected chi connectivity index (χ4v) is 11.0. The van der Waals surface area contributed by atoms with Gasteiger partial charge in [-0.25, -0.2) is 0 Å². The molecule has 3 fully saturated rings. The molecule has 4 aliphatic heterocycles. The van der Waals surface area contributed by atoms with Crippen molar-refractivity contribution in [3.05, 3.63) is 63.3 Å². The van der Waals surface area contributed by atoms with Crippen LogP contribution in [0.4, 0.5) is 0 Å². The van der Waals surface area contributed by atoms with Crippen LogP contribution in [0.25, 0.3) is 0 Å². The van der Waals surface area contributed by atoms with Gasteiger partial charge < -0.3 is 53.2 Å². The molecule has 2 aromatic carbocycles. The molecule has 3 saturated heterocycles. The first-order valence-electron chi connectivity index (χ1n) is 15.1. The quantitative estimate of drug-likeness (QED) is 0.237. The number of phenolic OH excluding ortho intramolecular Hbond substituents is 1. The molecule has 250 valence electrons. The Labute approximate surface area is 281 Å². The molecule has 10 atom stereocenters. The first kappa shape index (κ1) is 31.4. The molecule has 5 aliphatic rings. The van der Waals surface area contributed by atoms with E-state index in [0.29, 0.717) is 17.1 Å². The van der Waals surface area contributed by atoms with Gasteiger partial charge in [-0.05, 0) is 52.4 Å². The molecular formula is C32H32O12S3. The van der Waals surface area contributed by atoms with E-state index < -0.39 is 48.0 Å². The zero-order valence-electron chi connectivity index (χ0n) is 25.2. The number of hydrogen-bond acceptors (Lipinski definition) is 15. The SMILES string of the molecule is COc1cc([C@@H]2c3cc4c(cc3[C@@H](SS[C@@H]3O[C@@H]5O[C@@H](c6cccs6)OC[C@H]5[C@H](O)[C@H]3O)[C@H]3COC(=O)[C@H]23)OCO4)cc(OC)c1O. The normalized spacial score (nSPS) is 33.8. The second-order valence-corrected chi connectivity index (χ2v) is 15.3. The highest BCUT2D eigenvalue weighted by atomic mass is 33.1. The molecule has 1 aromatic heterocycles. The summed E-state index contributed by atoms with van der Waals surface area (Å²) in [7, 11) is 5.64. The summed E-state index contributed by atoms with van der Waals surface area (Å²) in [5, 5.41) is 34.5. The van der Waals surface area contributed by atoms with E-state index in [1.165, 1.54) is 47.1 Å². The fourth-order valence-electron chi connectivity index (χ4n) is 7.06. The van der Waals surface area contributed by atoms with Crippen LogP contribution in [-0.2, 0) is 23.7 Å². The van der Waals surface area contributed by atoms with Gasteiger partial charge in [0.1, 0.15) is 11.5 Å². The van der Waals surface area contributed by atoms with E-state index >= 15 is 0 Å². The number of phenols is 1. The Kier molecular flexibility index (Phi) is 8.37. The van der Waals surface area contributed by atoms with E-state index in [4.69, 9.17) is 37.9 Å². The third-order valence-electron chi connectivity index (χ3n) is 9.39. The van der Waals surface area contributed by atoms with E-state index in [1.54, 1.807) is 12.1 Å². The Morgan fingerprint density at radius 3 is 2.34 bits per heavy atom. The van der Waals surface area contributed by atoms with Crippen molar-refractivity contribution in [3.8, 4) is 28.7 Å². The molecule has 0 unspecified atom stereocenters. The lowest BCUT2D eigenvalue weighted by atomic mass is 9.67. The Morgan fingerprint density at radius 1 is 0.894 bits per heavy atom. The molecule has 1 aliphatic carbocycles. The molecule has 0 bridgehead atoms. The van der Waals surface area contributed by atoms with Gasteiger partial charge in [0.15, 0.2) is 35.6 Å². The number of ether oxygens (including phenoxy) is 8. The van der Waals surface area contributed by atoms with Crippen molar-refractivity contribution >= 4 is 38.9 Å². The predicted molar refractivity (Wildman–Crippen MR) is 170 cm³/mol. The molecule has 0 radical (unpaired) electrons. The lowest BCUT2D eigenvalue weighted by molar-refractivity contribution is -0.355. The summed E-state index contributed by atoms with van der Waals surface area (Å²) in [4.78, 5) is 14.4. The Morgan fingerprint density at radius 2 is 1.64 bits per heavy atom. The highest BCUT2D eigenvalue weighted by Gasteiger charge is 2.54. The van der Waals surface area contributed by atoms with Crippen LogP contribution in [0.2, 0.25) is 0 Å². The maximum absolute atomic E-state index is 13.5. The average molecular weight is 705 g/mol. The van der Waals surface area contributed by atoms with Crippen molar-refractivity contribution in [1.29, 1.82) is 0 Å². The first-order chi connectivity index (χ1) is 22.9. The second kappa shape index (κ2) is 12.5. The van der Waals surface area contributed by atoms with E-state index in [-0.39, 0.29) is 54.4 Å². The average Bonchev–Trinajstić information content (AvgIpc) is 3.86. The fraction of sp³-hybridized carbons (Fsp3) is 0.469. The minimum Gasteiger partial charge on any atom is -0.502 e. The van der Waals surface area contributed by atoms with Gasteiger partial charge >= 0.3 is 5.97 Å². The van der Waals surface area contributed by atoms with E-state index in [2.05, 4.69) is 0 Å². The molecule has 8 rings (SSSR count). The Bertz CT molecular complexity index is 1630. The van der Waals surface area contributed by atoms with E-state index in [9.17, 15) is 20.1 Å². The number of benzene rings is 2. The van der Waals surface area contributed by atoms with Crippen molar-refractivity contribution in [3.63, 3.8) is 0 Å². The Hall–Kier alpha value is -2.89. The van der Waals surface area contributed by atoms with Gasteiger partial charge in [-0.3, -0.25) is 4.79 Å². The number of fused-ring (bicyclic) bond motifs is 4. The molecule has 3 N–H and O–H groups in total. The Balaban J connectivity index is 1.12. The number of aliphatic hydroxyl groups excluding tert-OH is 2. The number of esters is 1. The van der Waals surface area contributed by atoms with Crippen molar-refractivity contribution in [2.24, 2.45) is 17.8 Å². The largest absolute Gasteiger partial charge is 0.502 e. The van der Waals surface area contributed by atoms with Crippen LogP contribution in [0.5, 0.6) is 28.7 Å². The first-order valence-corrected chi connectivity index (χ1v) is 18.2. The molecule has 15 heteroatoms. The lowest BCUT2D eigenvalue weighted by Crippen LogP contribution is -2.57. The molecule has 3 aromatic rings. The van der Waals surface area contributed by atoms with Crippen molar-refractivity contribution < 1.29 is 58.0 Å². The van der Waals surface area contributed by atoms with Crippen LogP contribution in [0.1, 0.15) is 39.0 Å². The van der Waals surface area contributed by atoms with Crippen LogP contribution >= 0.6 is 32.9 Å². The number of aromatic hydroxyl groups is 1. The topological polar surface area (TPSA) is 152 Å². The number of hydrogen-bond donors (Lipinski definition) is 3. The van der Waals surface area contributed by atoms with E-state index in [0.717, 1.165) is 16.0 Å². The van der Waals surface area contributed by atoms with Crippen molar-refractivity contribution in [1.82, 2.24) is 0 Å². The third-order valence-corrected chi connectivity index (χ3v) is 13.3. The van der Waals surface area contributed by atoms with Crippen molar-refractivity contribution in [2.45, 2.75) is 41.4 Å². The van der Waals surface area contributed by atoms with Gasteiger partial charge in [0, 0.05) is 17.1 Å². The minimum atomic E-state index is -1.21. The third kappa shape index (κ3) is 5.31. The maximum Gasteiger partial charge on any atom is 0.310 e. The number of thiophene rings is 1. The minimum absolute atomic E-state index is 0.0734. The van der Waals surface area contributed by atoms with Gasteiger partial charge in [0.2, 0.25) is 12.5 Å². The van der Waals surface area contributed by atoms with Crippen molar-refractivity contribution in [2.75, 3.05) is 34.2 Å². The molecule has 0 saturated carbocycles. The maximum atomic E-state index is 13.5. The number of carbonyl (C=O) groups excluding carboxylic acids is 1. The summed E-state index contributed by atoms with van der Waals surface area (Å²) in [6.07, 6.45) is -3.74. The standard InChI is InChI=1S/C32H32O12S3/c1-37-20-6-13(7-21(38-2)26(20)34)23-14-8-18-19(42-12-41-18)9-15(14)28(16-10-39-29(36)24(16)23)46-47-32-27(35)25(33)17-11-40-31(43-30(17)44-32)22-4-3-5-45-22/h3-9,16-17,23-25,27-28,30-35H,10-12H2,1-2H3/t16-,17-,23+,24-,25-,27+,28+,30-,31-,32-/m0/s1. The number of rotatable bonds is 7. The van der Waals surface area contributed by atoms with Crippen LogP contribution < -0.4 is 18.9 Å². The number of cyclic esters (lactones) is 1. The van der Waals surface area contributed by atoms with Crippen LogP contribution in [0, 0.1) is 17.8 Å². The summed E-state index contributed by atoms with van der Waals surface area (Å²) >= 11 is 1.50. The summed E-state index contributed by atoms with van der Waals surface area (Å²) in [6, 6.07) is 11.1. The number of aliphatic hydroxyl groups is 2. The smallest absolute Gasteiger partial charge is 0.310 e. The van der Waals surface area contributed by atoms with Crippen LogP contribution in [-0.4, -0.2) is 79.4 Å². The molecular weight excluding hydrogens is 673 g/mol. The van der Waals surface area contributed by atoms with Crippen LogP contribution in [0.3, 0.4) is 0 Å². The van der Waals surface area contributed by atoms with E-state index in [1.807, 2.05) is 29.6 Å². The summed E-state index contributed by atoms with van der Waals surface area (Å²) in [5.41, 5.74) is 1.61. The lowest BCUT2D eigenvalue weighted by Gasteiger charge is -2.46. The molecule has 0 amide bonds. The molecule has 47 heavy (non-hydrogen) atoms. The summed E-state index contributed by atoms with van der Waals surface area (Å²) < 4.78 is 46.4. The van der Waals surface area contributed by atoms with Crippen LogP contribution in [0.15, 0.2) is 41.8 Å². The monoisotopic (exact) mass is 704 g/mol. The summed E-state index contributed by atoms with van der Waals surface area (Å²) in [6.45, 7) is 0.434. The number of methoxy groups -OCH3 is 2. The van der Waals surface area contributed by atoms with Gasteiger partial charge in [-0.2, -0.15) is 0 Å². The predicted octanol–water partition coefficient (Wildman–Crippen LogP) is 4.32. The molecule has 12 nitrogen and oxygen atoms in total. The highest BCUT2D eigenvalue weighted by Crippen LogP contribution is 2.61. The zero-order valence-corrected chi connectivity index (χ0v) is 27.6. The second-order valence-electron chi connectivity index (χ2n) is 11.9. The zero-order chi connectivity index (χ0) is 32.4. The van der Waals surface area contributed by atoms with Gasteiger partial charge in [0.05, 0.1) is 50.3 Å². The highest BCUT2D eigenvalue weighted by molar-refractivity contribution is 8.77. The van der Waals surface area contributed by atoms with Gasteiger partial charge in [-0.15, -0.1) is 11.3 Å². The number of carbonyl (C=O) groups is 1. The summed E-state index contributed by atoms with van der Waals surface area (Å²) in [5.74, 6) is -0.787. The van der Waals surface area contributed by atoms with Gasteiger partial charge in [-0.1, -0.05) is 27.7 Å². The van der Waals surface area contributed by atoms with Gasteiger partial charge in [0.25, 0.3) is 0 Å². The molecule has 0 spiro atoms. The molecule has 5 heterocycles.